The Morgan fingerprint density at radius 1 is 1.19 bits per heavy atom. The summed E-state index contributed by atoms with van der Waals surface area (Å²) in [6, 6.07) is 18.4. The summed E-state index contributed by atoms with van der Waals surface area (Å²) < 4.78 is 0. The van der Waals surface area contributed by atoms with E-state index in [-0.39, 0.29) is 5.38 Å². The second-order valence-electron chi connectivity index (χ2n) is 7.34. The topological polar surface area (TPSA) is 61.1 Å². The first-order valence-corrected chi connectivity index (χ1v) is 9.93. The fraction of sp³-hybridized carbons (Fsp3) is 0.391. The second-order valence-corrected chi connectivity index (χ2v) is 7.90. The number of carboxylic acid groups (broad SMARTS) is 1. The summed E-state index contributed by atoms with van der Waals surface area (Å²) in [5, 5.41) is 19.1. The van der Waals surface area contributed by atoms with E-state index in [0.717, 1.165) is 36.0 Å². The lowest BCUT2D eigenvalue weighted by Crippen LogP contribution is -2.43. The molecule has 3 atom stereocenters. The number of aryl methyl sites for hydroxylation is 1. The Labute approximate surface area is 165 Å². The van der Waals surface area contributed by atoms with Crippen molar-refractivity contribution in [1.29, 1.82) is 5.26 Å². The average molecular weight is 382 g/mol. The average Bonchev–Trinajstić information content (AvgIpc) is 2.68. The molecule has 0 heterocycles. The van der Waals surface area contributed by atoms with Crippen LogP contribution in [-0.4, -0.2) is 16.5 Å². The maximum absolute atomic E-state index is 11.9. The SMILES string of the molecule is CCCc1ccc(-c2ccc(C3C(Cl)CCCC3(C#N)C(=O)O)cc2)cc1. The number of nitriles is 1. The molecule has 1 N–H and O–H groups in total. The van der Waals surface area contributed by atoms with Gasteiger partial charge in [0, 0.05) is 11.3 Å². The van der Waals surface area contributed by atoms with Crippen LogP contribution in [0.2, 0.25) is 0 Å². The highest BCUT2D eigenvalue weighted by atomic mass is 35.5. The minimum Gasteiger partial charge on any atom is -0.480 e. The van der Waals surface area contributed by atoms with Crippen molar-refractivity contribution in [3.8, 4) is 17.2 Å². The molecule has 140 valence electrons. The smallest absolute Gasteiger partial charge is 0.324 e. The van der Waals surface area contributed by atoms with Crippen LogP contribution in [0.25, 0.3) is 11.1 Å². The molecule has 0 aliphatic heterocycles. The van der Waals surface area contributed by atoms with Crippen molar-refractivity contribution in [3.63, 3.8) is 0 Å². The standard InChI is InChI=1S/C23H24ClNO2/c1-2-4-16-6-8-17(9-7-16)18-10-12-19(13-11-18)21-20(24)5-3-14-23(21,15-25)22(26)27/h6-13,20-21H,2-5,14H2,1H3,(H,26,27). The van der Waals surface area contributed by atoms with Gasteiger partial charge in [0.25, 0.3) is 0 Å². The molecule has 3 rings (SSSR count). The lowest BCUT2D eigenvalue weighted by molar-refractivity contribution is -0.148. The van der Waals surface area contributed by atoms with Crippen LogP contribution in [0.15, 0.2) is 48.5 Å². The molecule has 0 spiro atoms. The first-order valence-electron chi connectivity index (χ1n) is 9.50. The molecule has 1 aliphatic carbocycles. The molecule has 1 saturated carbocycles. The van der Waals surface area contributed by atoms with Crippen molar-refractivity contribution in [2.45, 2.75) is 50.3 Å². The number of hydrogen-bond acceptors (Lipinski definition) is 2. The van der Waals surface area contributed by atoms with Gasteiger partial charge < -0.3 is 5.11 Å². The summed E-state index contributed by atoms with van der Waals surface area (Å²) in [7, 11) is 0. The first kappa shape index (κ1) is 19.5. The Morgan fingerprint density at radius 2 is 1.78 bits per heavy atom. The zero-order valence-electron chi connectivity index (χ0n) is 15.5. The van der Waals surface area contributed by atoms with Crippen molar-refractivity contribution < 1.29 is 9.90 Å². The normalized spacial score (nSPS) is 24.9. The third-order valence-corrected chi connectivity index (χ3v) is 6.09. The largest absolute Gasteiger partial charge is 0.480 e. The molecule has 0 saturated heterocycles. The number of alkyl halides is 1. The van der Waals surface area contributed by atoms with Gasteiger partial charge in [-0.05, 0) is 47.9 Å². The highest BCUT2D eigenvalue weighted by Gasteiger charge is 2.52. The number of rotatable bonds is 5. The quantitative estimate of drug-likeness (QED) is 0.668. The third-order valence-electron chi connectivity index (χ3n) is 5.62. The van der Waals surface area contributed by atoms with Gasteiger partial charge in [0.15, 0.2) is 5.41 Å². The molecule has 4 heteroatoms. The van der Waals surface area contributed by atoms with E-state index in [4.69, 9.17) is 11.6 Å². The molecular formula is C23H24ClNO2. The maximum Gasteiger partial charge on any atom is 0.324 e. The zero-order chi connectivity index (χ0) is 19.4. The second kappa shape index (κ2) is 8.15. The van der Waals surface area contributed by atoms with Crippen LogP contribution in [0, 0.1) is 16.7 Å². The molecule has 1 aliphatic rings. The summed E-state index contributed by atoms with van der Waals surface area (Å²) in [6.45, 7) is 2.17. The lowest BCUT2D eigenvalue weighted by atomic mass is 9.64. The van der Waals surface area contributed by atoms with E-state index >= 15 is 0 Å². The Kier molecular flexibility index (Phi) is 5.87. The molecule has 27 heavy (non-hydrogen) atoms. The van der Waals surface area contributed by atoms with Gasteiger partial charge in [-0.25, -0.2) is 0 Å². The monoisotopic (exact) mass is 381 g/mol. The summed E-state index contributed by atoms with van der Waals surface area (Å²) in [6.07, 6.45) is 3.92. The molecule has 0 amide bonds. The van der Waals surface area contributed by atoms with Crippen LogP contribution in [0.3, 0.4) is 0 Å². The van der Waals surface area contributed by atoms with Crippen molar-refractivity contribution in [3.05, 3.63) is 59.7 Å². The van der Waals surface area contributed by atoms with Gasteiger partial charge in [0.2, 0.25) is 0 Å². The Bertz CT molecular complexity index is 838. The summed E-state index contributed by atoms with van der Waals surface area (Å²) in [5.74, 6) is -1.58. The number of nitrogens with zero attached hydrogens (tertiary/aromatic N) is 1. The van der Waals surface area contributed by atoms with E-state index in [1.807, 2.05) is 24.3 Å². The predicted octanol–water partition coefficient (Wildman–Crippen LogP) is 5.78. The lowest BCUT2D eigenvalue weighted by Gasteiger charge is -2.39. The minimum atomic E-state index is -1.45. The van der Waals surface area contributed by atoms with Crippen LogP contribution in [-0.2, 0) is 11.2 Å². The van der Waals surface area contributed by atoms with Crippen molar-refractivity contribution in [1.82, 2.24) is 0 Å². The minimum absolute atomic E-state index is 0.341. The van der Waals surface area contributed by atoms with Gasteiger partial charge in [0.05, 0.1) is 6.07 Å². The van der Waals surface area contributed by atoms with E-state index in [2.05, 4.69) is 37.3 Å². The van der Waals surface area contributed by atoms with Gasteiger partial charge in [-0.2, -0.15) is 5.26 Å². The van der Waals surface area contributed by atoms with Gasteiger partial charge in [0.1, 0.15) is 0 Å². The number of benzene rings is 2. The number of aliphatic carboxylic acids is 1. The maximum atomic E-state index is 11.9. The molecule has 0 aromatic heterocycles. The Balaban J connectivity index is 1.91. The van der Waals surface area contributed by atoms with Crippen molar-refractivity contribution in [2.75, 3.05) is 0 Å². The molecule has 3 nitrogen and oxygen atoms in total. The number of hydrogen-bond donors (Lipinski definition) is 1. The van der Waals surface area contributed by atoms with Crippen molar-refractivity contribution >= 4 is 17.6 Å². The predicted molar refractivity (Wildman–Crippen MR) is 108 cm³/mol. The number of carboxylic acids is 1. The highest BCUT2D eigenvalue weighted by molar-refractivity contribution is 6.21. The molecule has 0 radical (unpaired) electrons. The molecule has 2 aromatic carbocycles. The Morgan fingerprint density at radius 3 is 2.30 bits per heavy atom. The van der Waals surface area contributed by atoms with Gasteiger partial charge in [-0.1, -0.05) is 61.9 Å². The fourth-order valence-corrected chi connectivity index (χ4v) is 4.66. The van der Waals surface area contributed by atoms with E-state index in [9.17, 15) is 15.2 Å². The van der Waals surface area contributed by atoms with Gasteiger partial charge in [-0.3, -0.25) is 4.79 Å². The van der Waals surface area contributed by atoms with E-state index in [1.165, 1.54) is 5.56 Å². The summed E-state index contributed by atoms with van der Waals surface area (Å²) in [4.78, 5) is 11.9. The van der Waals surface area contributed by atoms with Crippen molar-refractivity contribution in [2.24, 2.45) is 5.41 Å². The van der Waals surface area contributed by atoms with Crippen LogP contribution < -0.4 is 0 Å². The molecule has 3 unspecified atom stereocenters. The number of halogens is 1. The van der Waals surface area contributed by atoms with Crippen LogP contribution in [0.4, 0.5) is 0 Å². The van der Waals surface area contributed by atoms with Gasteiger partial charge in [-0.15, -0.1) is 11.6 Å². The van der Waals surface area contributed by atoms with Crippen LogP contribution >= 0.6 is 11.6 Å². The first-order chi connectivity index (χ1) is 13.0. The summed E-state index contributed by atoms with van der Waals surface area (Å²) in [5.41, 5.74) is 2.89. The van der Waals surface area contributed by atoms with E-state index in [0.29, 0.717) is 12.8 Å². The summed E-state index contributed by atoms with van der Waals surface area (Å²) >= 11 is 6.51. The Hall–Kier alpha value is -2.31. The van der Waals surface area contributed by atoms with Crippen LogP contribution in [0.1, 0.15) is 49.7 Å². The molecule has 1 fully saturated rings. The molecule has 2 aromatic rings. The zero-order valence-corrected chi connectivity index (χ0v) is 16.2. The molecular weight excluding hydrogens is 358 g/mol. The van der Waals surface area contributed by atoms with E-state index < -0.39 is 17.3 Å². The van der Waals surface area contributed by atoms with E-state index in [1.54, 1.807) is 0 Å². The van der Waals surface area contributed by atoms with Gasteiger partial charge >= 0.3 is 5.97 Å². The van der Waals surface area contributed by atoms with Crippen LogP contribution in [0.5, 0.6) is 0 Å². The third kappa shape index (κ3) is 3.73. The fourth-order valence-electron chi connectivity index (χ4n) is 4.15. The highest BCUT2D eigenvalue weighted by Crippen LogP contribution is 2.49. The molecule has 0 bridgehead atoms. The number of carbonyl (C=O) groups is 1.